The van der Waals surface area contributed by atoms with E-state index >= 15 is 0 Å². The molecule has 2 aromatic heterocycles. The molecule has 0 spiro atoms. The number of nitrogen functional groups attached to an aromatic ring is 1. The molecule has 0 aliphatic heterocycles. The molecule has 1 fully saturated rings. The average Bonchev–Trinajstić information content (AvgIpc) is 2.53. The molecule has 1 saturated carbocycles. The first kappa shape index (κ1) is 13.6. The molecule has 0 unspecified atom stereocenters. The summed E-state index contributed by atoms with van der Waals surface area (Å²) in [6.07, 6.45) is 10.6. The Hall–Kier alpha value is -2.37. The lowest BCUT2D eigenvalue weighted by molar-refractivity contribution is 0.149. The van der Waals surface area contributed by atoms with E-state index in [0.717, 1.165) is 12.8 Å². The molecule has 3 rings (SSSR count). The molecule has 2 aromatic rings. The molecule has 0 saturated heterocycles. The van der Waals surface area contributed by atoms with Crippen molar-refractivity contribution < 1.29 is 9.47 Å². The second-order valence-electron chi connectivity index (χ2n) is 5.07. The van der Waals surface area contributed by atoms with Gasteiger partial charge in [0.15, 0.2) is 5.69 Å². The second kappa shape index (κ2) is 6.39. The van der Waals surface area contributed by atoms with Crippen LogP contribution >= 0.6 is 0 Å². The van der Waals surface area contributed by atoms with E-state index in [-0.39, 0.29) is 6.10 Å². The quantitative estimate of drug-likeness (QED) is 0.930. The Balaban J connectivity index is 1.75. The van der Waals surface area contributed by atoms with Gasteiger partial charge in [0.2, 0.25) is 11.8 Å². The summed E-state index contributed by atoms with van der Waals surface area (Å²) in [5.41, 5.74) is 6.38. The molecule has 0 radical (unpaired) electrons. The van der Waals surface area contributed by atoms with Crippen LogP contribution in [0.1, 0.15) is 32.1 Å². The largest absolute Gasteiger partial charge is 0.473 e. The van der Waals surface area contributed by atoms with Gasteiger partial charge < -0.3 is 15.2 Å². The molecule has 6 heteroatoms. The van der Waals surface area contributed by atoms with Gasteiger partial charge in [-0.25, -0.2) is 0 Å². The first-order chi connectivity index (χ1) is 10.3. The van der Waals surface area contributed by atoms with Gasteiger partial charge in [0, 0.05) is 6.20 Å². The lowest BCUT2D eigenvalue weighted by atomic mass is 9.98. The highest BCUT2D eigenvalue weighted by molar-refractivity contribution is 5.56. The number of hydrogen-bond donors (Lipinski definition) is 1. The van der Waals surface area contributed by atoms with Gasteiger partial charge in [0.05, 0.1) is 6.20 Å². The highest BCUT2D eigenvalue weighted by Gasteiger charge is 2.19. The second-order valence-corrected chi connectivity index (χ2v) is 5.07. The maximum absolute atomic E-state index is 6.05. The zero-order valence-electron chi connectivity index (χ0n) is 11.7. The summed E-state index contributed by atoms with van der Waals surface area (Å²) in [5.74, 6) is 1.27. The average molecular weight is 286 g/mol. The third-order valence-corrected chi connectivity index (χ3v) is 3.49. The summed E-state index contributed by atoms with van der Waals surface area (Å²) >= 11 is 0. The van der Waals surface area contributed by atoms with Crippen molar-refractivity contribution in [2.24, 2.45) is 0 Å². The molecule has 2 N–H and O–H groups in total. The zero-order valence-corrected chi connectivity index (χ0v) is 11.7. The third kappa shape index (κ3) is 3.39. The molecule has 6 nitrogen and oxygen atoms in total. The van der Waals surface area contributed by atoms with Gasteiger partial charge in [0.1, 0.15) is 18.2 Å². The van der Waals surface area contributed by atoms with Gasteiger partial charge in [-0.3, -0.25) is 4.98 Å². The molecule has 21 heavy (non-hydrogen) atoms. The van der Waals surface area contributed by atoms with Crippen LogP contribution in [0.5, 0.6) is 17.5 Å². The van der Waals surface area contributed by atoms with Crippen molar-refractivity contribution in [1.82, 2.24) is 15.0 Å². The lowest BCUT2D eigenvalue weighted by Crippen LogP contribution is -2.21. The third-order valence-electron chi connectivity index (χ3n) is 3.49. The Morgan fingerprint density at radius 1 is 1.10 bits per heavy atom. The molecule has 1 aliphatic rings. The summed E-state index contributed by atoms with van der Waals surface area (Å²) < 4.78 is 11.5. The van der Waals surface area contributed by atoms with E-state index in [2.05, 4.69) is 15.0 Å². The number of nitrogens with zero attached hydrogens (tertiary/aromatic N) is 3. The Labute approximate surface area is 123 Å². The van der Waals surface area contributed by atoms with E-state index in [1.54, 1.807) is 24.5 Å². The minimum Gasteiger partial charge on any atom is -0.473 e. The number of pyridine rings is 1. The van der Waals surface area contributed by atoms with Gasteiger partial charge in [-0.05, 0) is 37.8 Å². The lowest BCUT2D eigenvalue weighted by Gasteiger charge is -2.23. The maximum atomic E-state index is 6.05. The molecule has 0 amide bonds. The van der Waals surface area contributed by atoms with Gasteiger partial charge in [0.25, 0.3) is 0 Å². The molecule has 0 atom stereocenters. The van der Waals surface area contributed by atoms with Crippen LogP contribution < -0.4 is 15.2 Å². The van der Waals surface area contributed by atoms with E-state index in [9.17, 15) is 0 Å². The summed E-state index contributed by atoms with van der Waals surface area (Å²) in [6, 6.07) is 3.57. The van der Waals surface area contributed by atoms with Crippen molar-refractivity contribution >= 4 is 5.69 Å². The number of rotatable bonds is 4. The van der Waals surface area contributed by atoms with Crippen LogP contribution in [0.2, 0.25) is 0 Å². The highest BCUT2D eigenvalue weighted by atomic mass is 16.5. The van der Waals surface area contributed by atoms with E-state index < -0.39 is 0 Å². The number of aromatic nitrogens is 3. The van der Waals surface area contributed by atoms with Crippen molar-refractivity contribution in [1.29, 1.82) is 0 Å². The fourth-order valence-corrected chi connectivity index (χ4v) is 2.40. The molecular formula is C15H18N4O2. The van der Waals surface area contributed by atoms with Crippen LogP contribution in [-0.2, 0) is 0 Å². The van der Waals surface area contributed by atoms with Crippen molar-refractivity contribution in [3.63, 3.8) is 0 Å². The summed E-state index contributed by atoms with van der Waals surface area (Å²) in [7, 11) is 0. The van der Waals surface area contributed by atoms with E-state index in [0.29, 0.717) is 23.2 Å². The monoisotopic (exact) mass is 286 g/mol. The normalized spacial score (nSPS) is 15.6. The zero-order chi connectivity index (χ0) is 14.5. The number of hydrogen-bond acceptors (Lipinski definition) is 6. The van der Waals surface area contributed by atoms with E-state index in [4.69, 9.17) is 15.2 Å². The number of anilines is 1. The first-order valence-corrected chi connectivity index (χ1v) is 7.18. The predicted molar refractivity (Wildman–Crippen MR) is 78.3 cm³/mol. The fraction of sp³-hybridized carbons (Fsp3) is 0.400. The van der Waals surface area contributed by atoms with Gasteiger partial charge >= 0.3 is 0 Å². The minimum atomic E-state index is 0.183. The Morgan fingerprint density at radius 2 is 1.90 bits per heavy atom. The minimum absolute atomic E-state index is 0.183. The van der Waals surface area contributed by atoms with Crippen LogP contribution in [0.15, 0.2) is 30.9 Å². The Kier molecular flexibility index (Phi) is 4.14. The van der Waals surface area contributed by atoms with E-state index in [1.807, 2.05) is 0 Å². The van der Waals surface area contributed by atoms with Crippen LogP contribution in [0.25, 0.3) is 0 Å². The van der Waals surface area contributed by atoms with Crippen molar-refractivity contribution in [3.05, 3.63) is 30.9 Å². The molecule has 110 valence electrons. The van der Waals surface area contributed by atoms with Crippen LogP contribution in [0, 0.1) is 0 Å². The number of ether oxygens (including phenoxy) is 2. The maximum Gasteiger partial charge on any atom is 0.249 e. The molecule has 1 aliphatic carbocycles. The van der Waals surface area contributed by atoms with Crippen LogP contribution in [-0.4, -0.2) is 21.1 Å². The van der Waals surface area contributed by atoms with Crippen molar-refractivity contribution in [2.75, 3.05) is 5.73 Å². The van der Waals surface area contributed by atoms with Gasteiger partial charge in [-0.2, -0.15) is 9.97 Å². The van der Waals surface area contributed by atoms with Crippen LogP contribution in [0.4, 0.5) is 5.69 Å². The molecule has 2 heterocycles. The van der Waals surface area contributed by atoms with Gasteiger partial charge in [-0.15, -0.1) is 0 Å². The number of nitrogens with two attached hydrogens (primary N) is 1. The smallest absolute Gasteiger partial charge is 0.249 e. The van der Waals surface area contributed by atoms with Crippen LogP contribution in [0.3, 0.4) is 0 Å². The summed E-state index contributed by atoms with van der Waals surface area (Å²) in [5, 5.41) is 0. The van der Waals surface area contributed by atoms with E-state index in [1.165, 1.54) is 25.6 Å². The van der Waals surface area contributed by atoms with Crippen molar-refractivity contribution in [2.45, 2.75) is 38.2 Å². The van der Waals surface area contributed by atoms with Gasteiger partial charge in [-0.1, -0.05) is 6.42 Å². The molecule has 0 aromatic carbocycles. The van der Waals surface area contributed by atoms with Crippen molar-refractivity contribution in [3.8, 4) is 17.5 Å². The fourth-order valence-electron chi connectivity index (χ4n) is 2.40. The first-order valence-electron chi connectivity index (χ1n) is 7.18. The highest BCUT2D eigenvalue weighted by Crippen LogP contribution is 2.32. The summed E-state index contributed by atoms with van der Waals surface area (Å²) in [4.78, 5) is 12.2. The Bertz CT molecular complexity index is 585. The topological polar surface area (TPSA) is 83.2 Å². The SMILES string of the molecule is Nc1c(Oc2cccnc2)ncnc1OC1CCCCC1. The Morgan fingerprint density at radius 3 is 2.67 bits per heavy atom. The molecular weight excluding hydrogens is 268 g/mol. The molecule has 0 bridgehead atoms. The standard InChI is InChI=1S/C15H18N4O2/c16-13-14(20-11-5-2-1-3-6-11)18-10-19-15(13)21-12-7-4-8-17-9-12/h4,7-11H,1-3,5-6,16H2. The predicted octanol–water partition coefficient (Wildman–Crippen LogP) is 2.96. The summed E-state index contributed by atoms with van der Waals surface area (Å²) in [6.45, 7) is 0.